The summed E-state index contributed by atoms with van der Waals surface area (Å²) in [5.74, 6) is -0.433. The molecule has 0 unspecified atom stereocenters. The van der Waals surface area contributed by atoms with Gasteiger partial charge in [0.1, 0.15) is 5.82 Å². The molecule has 1 heterocycles. The first kappa shape index (κ1) is 12.5. The Hall–Kier alpha value is -0.980. The number of nitrogens with zero attached hydrogens (tertiary/aromatic N) is 1. The molecular formula is C11H15FN2O2S. The van der Waals surface area contributed by atoms with Gasteiger partial charge in [0.15, 0.2) is 0 Å². The fourth-order valence-electron chi connectivity index (χ4n) is 1.84. The number of halogens is 1. The van der Waals surface area contributed by atoms with Gasteiger partial charge in [-0.1, -0.05) is 6.92 Å². The minimum Gasteiger partial charge on any atom is -0.313 e. The summed E-state index contributed by atoms with van der Waals surface area (Å²) < 4.78 is 38.8. The molecule has 0 radical (unpaired) electrons. The third kappa shape index (κ3) is 2.34. The number of hydrogen-bond donors (Lipinski definition) is 1. The van der Waals surface area contributed by atoms with Crippen molar-refractivity contribution < 1.29 is 12.8 Å². The predicted octanol–water partition coefficient (Wildman–Crippen LogP) is 0.808. The fraction of sp³-hybridized carbons (Fsp3) is 0.455. The molecule has 1 aromatic carbocycles. The van der Waals surface area contributed by atoms with Crippen LogP contribution in [-0.4, -0.2) is 38.4 Å². The van der Waals surface area contributed by atoms with Crippen molar-refractivity contribution in [3.8, 4) is 0 Å². The Labute approximate surface area is 100 Å². The van der Waals surface area contributed by atoms with Crippen LogP contribution in [-0.2, 0) is 10.0 Å². The van der Waals surface area contributed by atoms with E-state index < -0.39 is 15.8 Å². The second-order valence-electron chi connectivity index (χ2n) is 3.97. The summed E-state index contributed by atoms with van der Waals surface area (Å²) in [6.07, 6.45) is 0. The van der Waals surface area contributed by atoms with E-state index in [0.29, 0.717) is 19.6 Å². The molecule has 1 aliphatic heterocycles. The first-order valence-corrected chi connectivity index (χ1v) is 6.98. The van der Waals surface area contributed by atoms with Gasteiger partial charge in [0.05, 0.1) is 4.90 Å². The molecule has 1 aromatic rings. The monoisotopic (exact) mass is 258 g/mol. The zero-order valence-electron chi connectivity index (χ0n) is 9.56. The third-order valence-electron chi connectivity index (χ3n) is 2.90. The number of rotatable bonds is 4. The van der Waals surface area contributed by atoms with Crippen LogP contribution >= 0.6 is 0 Å². The van der Waals surface area contributed by atoms with Gasteiger partial charge in [0.25, 0.3) is 0 Å². The molecule has 0 aromatic heterocycles. The van der Waals surface area contributed by atoms with Crippen molar-refractivity contribution in [2.24, 2.45) is 0 Å². The largest absolute Gasteiger partial charge is 0.313 e. The first-order valence-electron chi connectivity index (χ1n) is 5.54. The minimum absolute atomic E-state index is 0.00931. The van der Waals surface area contributed by atoms with Crippen LogP contribution in [0, 0.1) is 5.82 Å². The Bertz CT molecular complexity index is 483. The second-order valence-corrected chi connectivity index (χ2v) is 5.86. The van der Waals surface area contributed by atoms with Crippen LogP contribution in [0.1, 0.15) is 6.92 Å². The zero-order chi connectivity index (χ0) is 12.5. The number of benzene rings is 1. The van der Waals surface area contributed by atoms with E-state index in [2.05, 4.69) is 5.32 Å². The highest BCUT2D eigenvalue weighted by Crippen LogP contribution is 2.19. The molecule has 1 fully saturated rings. The van der Waals surface area contributed by atoms with Gasteiger partial charge in [-0.2, -0.15) is 4.31 Å². The van der Waals surface area contributed by atoms with E-state index >= 15 is 0 Å². The van der Waals surface area contributed by atoms with Crippen molar-refractivity contribution >= 4 is 10.0 Å². The molecule has 0 spiro atoms. The van der Waals surface area contributed by atoms with Crippen LogP contribution in [0.2, 0.25) is 0 Å². The molecule has 0 bridgehead atoms. The van der Waals surface area contributed by atoms with E-state index in [0.717, 1.165) is 0 Å². The molecule has 6 heteroatoms. The van der Waals surface area contributed by atoms with Crippen molar-refractivity contribution in [1.29, 1.82) is 0 Å². The molecule has 0 saturated carbocycles. The molecule has 1 saturated heterocycles. The summed E-state index contributed by atoms with van der Waals surface area (Å²) in [5, 5.41) is 3.04. The molecule has 1 aliphatic rings. The maximum absolute atomic E-state index is 12.8. The quantitative estimate of drug-likeness (QED) is 0.869. The van der Waals surface area contributed by atoms with Crippen LogP contribution in [0.4, 0.5) is 4.39 Å². The number of likely N-dealkylation sites (N-methyl/N-ethyl adjacent to an activating group) is 1. The van der Waals surface area contributed by atoms with E-state index in [-0.39, 0.29) is 10.9 Å². The Balaban J connectivity index is 2.30. The molecule has 1 N–H and O–H groups in total. The number of sulfonamides is 1. The van der Waals surface area contributed by atoms with Crippen LogP contribution < -0.4 is 5.32 Å². The topological polar surface area (TPSA) is 49.4 Å². The van der Waals surface area contributed by atoms with Crippen LogP contribution in [0.3, 0.4) is 0 Å². The summed E-state index contributed by atoms with van der Waals surface area (Å²) in [4.78, 5) is 0.146. The third-order valence-corrected chi connectivity index (χ3v) is 4.94. The molecule has 0 atom stereocenters. The van der Waals surface area contributed by atoms with Crippen LogP contribution in [0.15, 0.2) is 29.2 Å². The maximum Gasteiger partial charge on any atom is 0.243 e. The van der Waals surface area contributed by atoms with E-state index in [9.17, 15) is 12.8 Å². The van der Waals surface area contributed by atoms with Crippen molar-refractivity contribution in [3.05, 3.63) is 30.1 Å². The number of hydrogen-bond acceptors (Lipinski definition) is 3. The fourth-order valence-corrected chi connectivity index (χ4v) is 3.48. The van der Waals surface area contributed by atoms with E-state index in [4.69, 9.17) is 0 Å². The van der Waals surface area contributed by atoms with Gasteiger partial charge in [-0.05, 0) is 24.3 Å². The average molecular weight is 258 g/mol. The number of nitrogens with one attached hydrogen (secondary N) is 1. The highest BCUT2D eigenvalue weighted by atomic mass is 32.2. The van der Waals surface area contributed by atoms with E-state index in [1.807, 2.05) is 0 Å². The lowest BCUT2D eigenvalue weighted by Crippen LogP contribution is -2.58. The molecular weight excluding hydrogens is 243 g/mol. The van der Waals surface area contributed by atoms with Gasteiger partial charge < -0.3 is 5.32 Å². The van der Waals surface area contributed by atoms with Gasteiger partial charge in [-0.3, -0.25) is 0 Å². The highest BCUT2D eigenvalue weighted by Gasteiger charge is 2.33. The van der Waals surface area contributed by atoms with Crippen molar-refractivity contribution in [1.82, 2.24) is 9.62 Å². The summed E-state index contributed by atoms with van der Waals surface area (Å²) in [5.41, 5.74) is 0. The van der Waals surface area contributed by atoms with Gasteiger partial charge >= 0.3 is 0 Å². The molecule has 4 nitrogen and oxygen atoms in total. The minimum atomic E-state index is -3.50. The summed E-state index contributed by atoms with van der Waals surface area (Å²) >= 11 is 0. The first-order chi connectivity index (χ1) is 8.05. The molecule has 94 valence electrons. The van der Waals surface area contributed by atoms with Crippen LogP contribution in [0.5, 0.6) is 0 Å². The predicted molar refractivity (Wildman–Crippen MR) is 62.6 cm³/mol. The van der Waals surface area contributed by atoms with Gasteiger partial charge in [0.2, 0.25) is 10.0 Å². The summed E-state index contributed by atoms with van der Waals surface area (Å²) in [6.45, 7) is 3.58. The Morgan fingerprint density at radius 2 is 1.94 bits per heavy atom. The SMILES string of the molecule is CCN(C1CNC1)S(=O)(=O)c1ccc(F)cc1. The Morgan fingerprint density at radius 1 is 1.35 bits per heavy atom. The normalized spacial score (nSPS) is 17.1. The Morgan fingerprint density at radius 3 is 2.35 bits per heavy atom. The maximum atomic E-state index is 12.8. The van der Waals surface area contributed by atoms with Gasteiger partial charge in [-0.15, -0.1) is 0 Å². The lowest BCUT2D eigenvalue weighted by molar-refractivity contribution is 0.249. The van der Waals surface area contributed by atoms with Gasteiger partial charge in [0, 0.05) is 25.7 Å². The van der Waals surface area contributed by atoms with Gasteiger partial charge in [-0.25, -0.2) is 12.8 Å². The lowest BCUT2D eigenvalue weighted by atomic mass is 10.2. The molecule has 2 rings (SSSR count). The van der Waals surface area contributed by atoms with E-state index in [1.54, 1.807) is 6.92 Å². The second kappa shape index (κ2) is 4.72. The lowest BCUT2D eigenvalue weighted by Gasteiger charge is -2.36. The average Bonchev–Trinajstić information content (AvgIpc) is 2.23. The Kier molecular flexibility index (Phi) is 3.46. The summed E-state index contributed by atoms with van der Waals surface area (Å²) in [6, 6.07) is 4.95. The summed E-state index contributed by atoms with van der Waals surface area (Å²) in [7, 11) is -3.50. The zero-order valence-corrected chi connectivity index (χ0v) is 10.4. The van der Waals surface area contributed by atoms with Crippen molar-refractivity contribution in [2.75, 3.05) is 19.6 Å². The van der Waals surface area contributed by atoms with Crippen molar-refractivity contribution in [3.63, 3.8) is 0 Å². The molecule has 0 amide bonds. The van der Waals surface area contributed by atoms with Crippen LogP contribution in [0.25, 0.3) is 0 Å². The smallest absolute Gasteiger partial charge is 0.243 e. The standard InChI is InChI=1S/C11H15FN2O2S/c1-2-14(10-7-13-8-10)17(15,16)11-5-3-9(12)4-6-11/h3-6,10,13H,2,7-8H2,1H3. The van der Waals surface area contributed by atoms with Crippen molar-refractivity contribution in [2.45, 2.75) is 17.9 Å². The highest BCUT2D eigenvalue weighted by molar-refractivity contribution is 7.89. The molecule has 17 heavy (non-hydrogen) atoms. The van der Waals surface area contributed by atoms with E-state index in [1.165, 1.54) is 28.6 Å². The molecule has 0 aliphatic carbocycles.